The van der Waals surface area contributed by atoms with E-state index in [2.05, 4.69) is 175 Å². The highest BCUT2D eigenvalue weighted by Gasteiger charge is 2.23. The van der Waals surface area contributed by atoms with Gasteiger partial charge in [0.25, 0.3) is 0 Å². The molecule has 0 atom stereocenters. The summed E-state index contributed by atoms with van der Waals surface area (Å²) in [7, 11) is 0. The molecule has 0 bridgehead atoms. The van der Waals surface area contributed by atoms with Crippen molar-refractivity contribution in [1.29, 1.82) is 0 Å². The van der Waals surface area contributed by atoms with Gasteiger partial charge in [-0.15, -0.1) is 22.7 Å². The van der Waals surface area contributed by atoms with Gasteiger partial charge >= 0.3 is 0 Å². The summed E-state index contributed by atoms with van der Waals surface area (Å²) in [6, 6.07) is 63.5. The topological polar surface area (TPSA) is 16.4 Å². The molecule has 0 unspecified atom stereocenters. The number of rotatable bonds is 5. The number of nitrogens with zero attached hydrogens (tertiary/aromatic N) is 1. The summed E-state index contributed by atoms with van der Waals surface area (Å²) in [6.07, 6.45) is 0. The van der Waals surface area contributed by atoms with Crippen molar-refractivity contribution in [3.8, 4) is 22.3 Å². The first kappa shape index (κ1) is 29.5. The van der Waals surface area contributed by atoms with Gasteiger partial charge in [0.15, 0.2) is 5.58 Å². The van der Waals surface area contributed by atoms with Gasteiger partial charge in [0.2, 0.25) is 0 Å². The molecule has 8 aromatic carbocycles. The van der Waals surface area contributed by atoms with Crippen LogP contribution < -0.4 is 4.90 Å². The molecule has 11 rings (SSSR count). The Labute approximate surface area is 308 Å². The molecule has 4 heteroatoms. The smallest absolute Gasteiger partial charge is 0.159 e. The fourth-order valence-corrected chi connectivity index (χ4v) is 10.3. The number of para-hydroxylation sites is 2. The summed E-state index contributed by atoms with van der Waals surface area (Å²) >= 11 is 3.73. The van der Waals surface area contributed by atoms with E-state index in [0.29, 0.717) is 0 Å². The maximum atomic E-state index is 6.68. The van der Waals surface area contributed by atoms with Gasteiger partial charge in [0, 0.05) is 52.1 Å². The highest BCUT2D eigenvalue weighted by Crippen LogP contribution is 2.49. The molecule has 0 aliphatic heterocycles. The van der Waals surface area contributed by atoms with Gasteiger partial charge in [-0.1, -0.05) is 133 Å². The Morgan fingerprint density at radius 1 is 0.385 bits per heavy atom. The first-order valence-electron chi connectivity index (χ1n) is 17.5. The van der Waals surface area contributed by atoms with Crippen LogP contribution in [0.5, 0.6) is 0 Å². The minimum atomic E-state index is 0.881. The molecule has 0 fully saturated rings. The fourth-order valence-electron chi connectivity index (χ4n) is 7.85. The summed E-state index contributed by atoms with van der Waals surface area (Å²) < 4.78 is 11.9. The summed E-state index contributed by atoms with van der Waals surface area (Å²) in [6.45, 7) is 0. The van der Waals surface area contributed by atoms with Gasteiger partial charge in [0.1, 0.15) is 5.58 Å². The third-order valence-corrected chi connectivity index (χ3v) is 12.7. The summed E-state index contributed by atoms with van der Waals surface area (Å²) in [4.78, 5) is 2.39. The van der Waals surface area contributed by atoms with E-state index in [9.17, 15) is 0 Å². The van der Waals surface area contributed by atoms with E-state index in [-0.39, 0.29) is 0 Å². The highest BCUT2D eigenvalue weighted by molar-refractivity contribution is 7.27. The second-order valence-electron chi connectivity index (χ2n) is 13.2. The van der Waals surface area contributed by atoms with Crippen molar-refractivity contribution in [2.75, 3.05) is 4.90 Å². The number of thiophene rings is 2. The van der Waals surface area contributed by atoms with Crippen molar-refractivity contribution in [3.05, 3.63) is 176 Å². The largest absolute Gasteiger partial charge is 0.454 e. The van der Waals surface area contributed by atoms with Crippen molar-refractivity contribution in [2.24, 2.45) is 0 Å². The number of anilines is 3. The zero-order chi connectivity index (χ0) is 34.2. The van der Waals surface area contributed by atoms with Crippen molar-refractivity contribution >= 4 is 102 Å². The van der Waals surface area contributed by atoms with Crippen LogP contribution in [0, 0.1) is 0 Å². The number of fused-ring (bicyclic) bond motifs is 9. The Morgan fingerprint density at radius 2 is 1.04 bits per heavy atom. The van der Waals surface area contributed by atoms with E-state index in [0.717, 1.165) is 39.0 Å². The lowest BCUT2D eigenvalue weighted by Crippen LogP contribution is -2.10. The standard InChI is InChI=1S/C48H29NOS2/c1-2-11-31(12-3-1)34-15-8-17-39-40-18-10-20-42(48(40)52-47(34)39)49(41-19-9-16-38-35-13-4-6-21-43(35)50-46(38)41)33-26-23-30(24-27-33)32-25-28-37-36-14-5-7-22-44(36)51-45(37)29-32/h1-29H. The van der Waals surface area contributed by atoms with Crippen LogP contribution in [0.3, 0.4) is 0 Å². The molecule has 0 amide bonds. The second-order valence-corrected chi connectivity index (χ2v) is 15.4. The third kappa shape index (κ3) is 4.55. The Balaban J connectivity index is 1.12. The summed E-state index contributed by atoms with van der Waals surface area (Å²) in [5, 5.41) is 7.41. The monoisotopic (exact) mass is 699 g/mol. The van der Waals surface area contributed by atoms with Crippen LogP contribution in [-0.2, 0) is 0 Å². The summed E-state index contributed by atoms with van der Waals surface area (Å²) in [5.41, 5.74) is 9.90. The molecule has 3 aromatic heterocycles. The van der Waals surface area contributed by atoms with E-state index >= 15 is 0 Å². The zero-order valence-corrected chi connectivity index (χ0v) is 29.5. The maximum absolute atomic E-state index is 6.68. The number of hydrogen-bond acceptors (Lipinski definition) is 4. The molecule has 2 nitrogen and oxygen atoms in total. The van der Waals surface area contributed by atoms with Gasteiger partial charge in [-0.3, -0.25) is 0 Å². The van der Waals surface area contributed by atoms with Gasteiger partial charge in [-0.2, -0.15) is 0 Å². The molecule has 11 aromatic rings. The fraction of sp³-hybridized carbons (Fsp3) is 0. The number of furan rings is 1. The molecule has 0 aliphatic carbocycles. The van der Waals surface area contributed by atoms with E-state index < -0.39 is 0 Å². The quantitative estimate of drug-likeness (QED) is 0.178. The lowest BCUT2D eigenvalue weighted by molar-refractivity contribution is 0.669. The van der Waals surface area contributed by atoms with Gasteiger partial charge in [-0.05, 0) is 64.7 Å². The van der Waals surface area contributed by atoms with Crippen molar-refractivity contribution in [2.45, 2.75) is 0 Å². The molecule has 0 aliphatic rings. The van der Waals surface area contributed by atoms with Gasteiger partial charge < -0.3 is 9.32 Å². The summed E-state index contributed by atoms with van der Waals surface area (Å²) in [5.74, 6) is 0. The normalized spacial score (nSPS) is 11.8. The molecule has 0 spiro atoms. The Kier molecular flexibility index (Phi) is 6.63. The molecule has 244 valence electrons. The molecule has 3 heterocycles. The van der Waals surface area contributed by atoms with Crippen LogP contribution in [0.4, 0.5) is 17.1 Å². The first-order chi connectivity index (χ1) is 25.8. The van der Waals surface area contributed by atoms with Crippen molar-refractivity contribution in [3.63, 3.8) is 0 Å². The van der Waals surface area contributed by atoms with Crippen molar-refractivity contribution in [1.82, 2.24) is 0 Å². The molecule has 0 N–H and O–H groups in total. The van der Waals surface area contributed by atoms with Crippen LogP contribution in [-0.4, -0.2) is 0 Å². The third-order valence-electron chi connectivity index (χ3n) is 10.3. The molecule has 0 radical (unpaired) electrons. The Hall–Kier alpha value is -6.20. The van der Waals surface area contributed by atoms with Crippen LogP contribution in [0.1, 0.15) is 0 Å². The van der Waals surface area contributed by atoms with Crippen LogP contribution in [0.25, 0.3) is 84.5 Å². The Morgan fingerprint density at radius 3 is 1.90 bits per heavy atom. The minimum absolute atomic E-state index is 0.881. The number of benzene rings is 8. The average molecular weight is 700 g/mol. The minimum Gasteiger partial charge on any atom is -0.454 e. The molecule has 0 saturated heterocycles. The SMILES string of the molecule is c1ccc(-c2cccc3c2sc2c(N(c4ccc(-c5ccc6c(c5)sc5ccccc56)cc4)c4cccc5c4oc4ccccc45)cccc23)cc1. The van der Waals surface area contributed by atoms with E-state index in [1.54, 1.807) is 0 Å². The first-order valence-corrected chi connectivity index (χ1v) is 19.1. The van der Waals surface area contributed by atoms with Gasteiger partial charge in [0.05, 0.1) is 16.1 Å². The molecule has 52 heavy (non-hydrogen) atoms. The highest BCUT2D eigenvalue weighted by atomic mass is 32.1. The van der Waals surface area contributed by atoms with E-state index in [1.807, 2.05) is 28.7 Å². The van der Waals surface area contributed by atoms with Crippen LogP contribution in [0.15, 0.2) is 180 Å². The molecule has 0 saturated carbocycles. The predicted molar refractivity (Wildman–Crippen MR) is 225 cm³/mol. The van der Waals surface area contributed by atoms with Gasteiger partial charge in [-0.25, -0.2) is 0 Å². The maximum Gasteiger partial charge on any atom is 0.159 e. The van der Waals surface area contributed by atoms with E-state index in [4.69, 9.17) is 4.42 Å². The van der Waals surface area contributed by atoms with E-state index in [1.165, 1.54) is 62.6 Å². The Bertz CT molecular complexity index is 3130. The lowest BCUT2D eigenvalue weighted by Gasteiger charge is -2.26. The zero-order valence-electron chi connectivity index (χ0n) is 27.9. The van der Waals surface area contributed by atoms with Crippen LogP contribution >= 0.6 is 22.7 Å². The second kappa shape index (κ2) is 11.7. The lowest BCUT2D eigenvalue weighted by atomic mass is 10.0. The van der Waals surface area contributed by atoms with Crippen molar-refractivity contribution < 1.29 is 4.42 Å². The van der Waals surface area contributed by atoms with Crippen LogP contribution in [0.2, 0.25) is 0 Å². The molecular formula is C48H29NOS2. The molecular weight excluding hydrogens is 671 g/mol. The average Bonchev–Trinajstić information content (AvgIpc) is 3.90. The number of hydrogen-bond donors (Lipinski definition) is 0. The predicted octanol–water partition coefficient (Wildman–Crippen LogP) is 15.1.